The lowest BCUT2D eigenvalue weighted by molar-refractivity contribution is -0.111. The average molecular weight is 367 g/mol. The van der Waals surface area contributed by atoms with E-state index in [1.54, 1.807) is 67.6 Å². The van der Waals surface area contributed by atoms with Crippen molar-refractivity contribution in [3.8, 4) is 17.2 Å². The Morgan fingerprint density at radius 3 is 2.48 bits per heavy atom. The molecule has 0 aliphatic heterocycles. The van der Waals surface area contributed by atoms with E-state index in [9.17, 15) is 9.18 Å². The van der Waals surface area contributed by atoms with Crippen molar-refractivity contribution in [1.82, 2.24) is 9.55 Å². The van der Waals surface area contributed by atoms with Crippen molar-refractivity contribution < 1.29 is 18.7 Å². The summed E-state index contributed by atoms with van der Waals surface area (Å²) in [4.78, 5) is 16.0. The maximum Gasteiger partial charge on any atom is 0.248 e. The van der Waals surface area contributed by atoms with Gasteiger partial charge in [0.25, 0.3) is 0 Å². The Balaban J connectivity index is 1.71. The molecule has 0 radical (unpaired) electrons. The molecule has 1 heterocycles. The molecular weight excluding hydrogens is 349 g/mol. The molecule has 0 aliphatic carbocycles. The number of benzene rings is 2. The van der Waals surface area contributed by atoms with Crippen molar-refractivity contribution in [1.29, 1.82) is 0 Å². The van der Waals surface area contributed by atoms with Gasteiger partial charge in [0.1, 0.15) is 17.3 Å². The minimum absolute atomic E-state index is 0.351. The summed E-state index contributed by atoms with van der Waals surface area (Å²) < 4.78 is 26.2. The summed E-state index contributed by atoms with van der Waals surface area (Å²) in [5.74, 6) is 0.386. The first kappa shape index (κ1) is 18.2. The highest BCUT2D eigenvalue weighted by Gasteiger charge is 2.07. The Hall–Kier alpha value is -3.61. The van der Waals surface area contributed by atoms with Crippen molar-refractivity contribution in [2.45, 2.75) is 0 Å². The van der Waals surface area contributed by atoms with E-state index in [1.165, 1.54) is 18.5 Å². The molecule has 0 atom stereocenters. The van der Waals surface area contributed by atoms with Crippen molar-refractivity contribution in [3.63, 3.8) is 0 Å². The molecule has 3 rings (SSSR count). The molecule has 0 spiro atoms. The molecule has 138 valence electrons. The van der Waals surface area contributed by atoms with E-state index in [1.807, 2.05) is 0 Å². The first-order chi connectivity index (χ1) is 13.1. The minimum atomic E-state index is -0.465. The highest BCUT2D eigenvalue weighted by molar-refractivity contribution is 6.02. The van der Waals surface area contributed by atoms with Crippen LogP contribution in [-0.4, -0.2) is 29.7 Å². The molecule has 0 saturated carbocycles. The molecule has 0 unspecified atom stereocenters. The second-order valence-electron chi connectivity index (χ2n) is 5.60. The van der Waals surface area contributed by atoms with Crippen LogP contribution in [0.5, 0.6) is 11.5 Å². The number of methoxy groups -OCH3 is 2. The van der Waals surface area contributed by atoms with Gasteiger partial charge in [-0.2, -0.15) is 0 Å². The van der Waals surface area contributed by atoms with E-state index >= 15 is 0 Å². The summed E-state index contributed by atoms with van der Waals surface area (Å²) in [7, 11) is 3.11. The van der Waals surface area contributed by atoms with E-state index in [2.05, 4.69) is 10.3 Å². The molecule has 1 aromatic heterocycles. The lowest BCUT2D eigenvalue weighted by atomic mass is 10.2. The molecule has 0 aliphatic rings. The molecule has 6 nitrogen and oxygen atoms in total. The second-order valence-corrected chi connectivity index (χ2v) is 5.60. The number of rotatable bonds is 6. The zero-order valence-electron chi connectivity index (χ0n) is 14.8. The SMILES string of the molecule is COc1cc(C=CC(=O)Nc2ccc(-n3ccnc3)c(F)c2)cc(OC)c1. The molecule has 27 heavy (non-hydrogen) atoms. The standard InChI is InChI=1S/C20H18FN3O3/c1-26-16-9-14(10-17(12-16)27-2)3-6-20(25)23-15-4-5-19(18(21)11-15)24-8-7-22-13-24/h3-13H,1-2H3,(H,23,25). The van der Waals surface area contributed by atoms with Crippen LogP contribution in [-0.2, 0) is 4.79 Å². The number of carbonyl (C=O) groups is 1. The summed E-state index contributed by atoms with van der Waals surface area (Å²) in [6.07, 6.45) is 7.68. The molecule has 1 N–H and O–H groups in total. The third-order valence-electron chi connectivity index (χ3n) is 3.80. The monoisotopic (exact) mass is 367 g/mol. The molecule has 0 fully saturated rings. The zero-order chi connectivity index (χ0) is 19.2. The Labute approximate surface area is 155 Å². The van der Waals surface area contributed by atoms with Gasteiger partial charge >= 0.3 is 0 Å². The number of imidazole rings is 1. The van der Waals surface area contributed by atoms with Crippen molar-refractivity contribution in [2.24, 2.45) is 0 Å². The number of nitrogens with zero attached hydrogens (tertiary/aromatic N) is 2. The molecule has 0 saturated heterocycles. The number of aromatic nitrogens is 2. The number of nitrogens with one attached hydrogen (secondary N) is 1. The topological polar surface area (TPSA) is 65.4 Å². The van der Waals surface area contributed by atoms with Gasteiger partial charge in [0, 0.05) is 30.2 Å². The van der Waals surface area contributed by atoms with Gasteiger partial charge in [-0.05, 0) is 42.0 Å². The fraction of sp³-hybridized carbons (Fsp3) is 0.100. The van der Waals surface area contributed by atoms with Gasteiger partial charge in [0.05, 0.1) is 26.2 Å². The fourth-order valence-electron chi connectivity index (χ4n) is 2.48. The van der Waals surface area contributed by atoms with E-state index < -0.39 is 5.82 Å². The predicted octanol–water partition coefficient (Wildman–Crippen LogP) is 3.68. The number of carbonyl (C=O) groups excluding carboxylic acids is 1. The first-order valence-electron chi connectivity index (χ1n) is 8.09. The van der Waals surface area contributed by atoms with Crippen LogP contribution in [0.2, 0.25) is 0 Å². The number of hydrogen-bond acceptors (Lipinski definition) is 4. The summed E-state index contributed by atoms with van der Waals surface area (Å²) in [6, 6.07) is 9.73. The Kier molecular flexibility index (Phi) is 5.51. The zero-order valence-corrected chi connectivity index (χ0v) is 14.8. The van der Waals surface area contributed by atoms with E-state index in [0.29, 0.717) is 22.9 Å². The molecule has 2 aromatic carbocycles. The number of amides is 1. The van der Waals surface area contributed by atoms with Crippen LogP contribution >= 0.6 is 0 Å². The summed E-state index contributed by atoms with van der Waals surface area (Å²) in [5, 5.41) is 2.63. The van der Waals surface area contributed by atoms with Crippen LogP contribution in [0.15, 0.2) is 61.2 Å². The largest absolute Gasteiger partial charge is 0.497 e. The van der Waals surface area contributed by atoms with E-state index in [4.69, 9.17) is 9.47 Å². The van der Waals surface area contributed by atoms with Crippen LogP contribution in [0.25, 0.3) is 11.8 Å². The fourth-order valence-corrected chi connectivity index (χ4v) is 2.48. The van der Waals surface area contributed by atoms with Gasteiger partial charge in [-0.3, -0.25) is 4.79 Å². The van der Waals surface area contributed by atoms with Crippen LogP contribution in [0, 0.1) is 5.82 Å². The molecular formula is C20H18FN3O3. The van der Waals surface area contributed by atoms with Gasteiger partial charge in [-0.1, -0.05) is 0 Å². The number of hydrogen-bond donors (Lipinski definition) is 1. The number of halogens is 1. The smallest absolute Gasteiger partial charge is 0.248 e. The van der Waals surface area contributed by atoms with Crippen LogP contribution in [0.4, 0.5) is 10.1 Å². The van der Waals surface area contributed by atoms with Crippen molar-refractivity contribution >= 4 is 17.7 Å². The maximum absolute atomic E-state index is 14.2. The third kappa shape index (κ3) is 4.52. The second kappa shape index (κ2) is 8.18. The third-order valence-corrected chi connectivity index (χ3v) is 3.80. The van der Waals surface area contributed by atoms with Crippen molar-refractivity contribution in [3.05, 3.63) is 72.6 Å². The van der Waals surface area contributed by atoms with E-state index in [-0.39, 0.29) is 5.91 Å². The predicted molar refractivity (Wildman–Crippen MR) is 101 cm³/mol. The van der Waals surface area contributed by atoms with Gasteiger partial charge in [-0.25, -0.2) is 9.37 Å². The molecule has 7 heteroatoms. The highest BCUT2D eigenvalue weighted by Crippen LogP contribution is 2.23. The normalized spacial score (nSPS) is 10.8. The lowest BCUT2D eigenvalue weighted by Gasteiger charge is -2.07. The Bertz CT molecular complexity index is 946. The molecule has 3 aromatic rings. The maximum atomic E-state index is 14.2. The number of ether oxygens (including phenoxy) is 2. The average Bonchev–Trinajstić information content (AvgIpc) is 3.20. The lowest BCUT2D eigenvalue weighted by Crippen LogP contribution is -2.08. The minimum Gasteiger partial charge on any atom is -0.497 e. The first-order valence-corrected chi connectivity index (χ1v) is 8.09. The quantitative estimate of drug-likeness (QED) is 0.675. The van der Waals surface area contributed by atoms with Gasteiger partial charge in [0.2, 0.25) is 5.91 Å². The van der Waals surface area contributed by atoms with Gasteiger partial charge < -0.3 is 19.4 Å². The van der Waals surface area contributed by atoms with E-state index in [0.717, 1.165) is 5.56 Å². The van der Waals surface area contributed by atoms with Gasteiger partial charge in [0.15, 0.2) is 0 Å². The molecule has 0 bridgehead atoms. The number of anilines is 1. The highest BCUT2D eigenvalue weighted by atomic mass is 19.1. The van der Waals surface area contributed by atoms with Crippen LogP contribution in [0.3, 0.4) is 0 Å². The summed E-state index contributed by atoms with van der Waals surface area (Å²) >= 11 is 0. The Morgan fingerprint density at radius 1 is 1.15 bits per heavy atom. The van der Waals surface area contributed by atoms with Crippen molar-refractivity contribution in [2.75, 3.05) is 19.5 Å². The van der Waals surface area contributed by atoms with Crippen LogP contribution in [0.1, 0.15) is 5.56 Å². The molecule has 1 amide bonds. The summed E-state index contributed by atoms with van der Waals surface area (Å²) in [6.45, 7) is 0. The van der Waals surface area contributed by atoms with Crippen LogP contribution < -0.4 is 14.8 Å². The Morgan fingerprint density at radius 2 is 1.89 bits per heavy atom. The summed E-state index contributed by atoms with van der Waals surface area (Å²) in [5.41, 5.74) is 1.45. The van der Waals surface area contributed by atoms with Gasteiger partial charge in [-0.15, -0.1) is 0 Å².